The van der Waals surface area contributed by atoms with Gasteiger partial charge in [0.25, 0.3) is 0 Å². The predicted octanol–water partition coefficient (Wildman–Crippen LogP) is 2.58. The second-order valence-corrected chi connectivity index (χ2v) is 4.23. The van der Waals surface area contributed by atoms with Gasteiger partial charge in [-0.1, -0.05) is 0 Å². The first-order chi connectivity index (χ1) is 7.88. The van der Waals surface area contributed by atoms with Gasteiger partial charge in [-0.15, -0.1) is 0 Å². The molecule has 0 radical (unpaired) electrons. The van der Waals surface area contributed by atoms with Crippen LogP contribution in [0.25, 0.3) is 0 Å². The average molecular weight is 259 g/mol. The first-order valence-corrected chi connectivity index (χ1v) is 5.71. The Hall–Kier alpha value is -1.43. The summed E-state index contributed by atoms with van der Waals surface area (Å²) in [7, 11) is 0. The maximum atomic E-state index is 11.1. The zero-order valence-electron chi connectivity index (χ0n) is 10.3. The lowest BCUT2D eigenvalue weighted by molar-refractivity contribution is -0.385. The van der Waals surface area contributed by atoms with Gasteiger partial charge in [0.2, 0.25) is 11.1 Å². The smallest absolute Gasteiger partial charge is 0.332 e. The van der Waals surface area contributed by atoms with Gasteiger partial charge in [-0.2, -0.15) is 4.98 Å². The van der Waals surface area contributed by atoms with Crippen LogP contribution in [-0.2, 0) is 0 Å². The lowest BCUT2D eigenvalue weighted by atomic mass is 10.2. The molecule has 6 nitrogen and oxygen atoms in total. The molecule has 0 saturated heterocycles. The van der Waals surface area contributed by atoms with Crippen LogP contribution < -0.4 is 4.90 Å². The first kappa shape index (κ1) is 13.6. The summed E-state index contributed by atoms with van der Waals surface area (Å²) in [6.07, 6.45) is 0. The summed E-state index contributed by atoms with van der Waals surface area (Å²) in [5.41, 5.74) is 0.203. The van der Waals surface area contributed by atoms with Crippen LogP contribution in [0.4, 0.5) is 11.5 Å². The minimum Gasteiger partial charge on any atom is -0.349 e. The monoisotopic (exact) mass is 258 g/mol. The summed E-state index contributed by atoms with van der Waals surface area (Å²) in [5, 5.41) is 11.1. The zero-order chi connectivity index (χ0) is 13.2. The average Bonchev–Trinajstić information content (AvgIpc) is 2.15. The van der Waals surface area contributed by atoms with E-state index in [1.165, 1.54) is 0 Å². The molecule has 0 amide bonds. The highest BCUT2D eigenvalue weighted by Crippen LogP contribution is 2.30. The third kappa shape index (κ3) is 2.82. The van der Waals surface area contributed by atoms with Gasteiger partial charge in [-0.05, 0) is 39.3 Å². The van der Waals surface area contributed by atoms with E-state index < -0.39 is 4.92 Å². The fraction of sp³-hybridized carbons (Fsp3) is 0.600. The van der Waals surface area contributed by atoms with Crippen molar-refractivity contribution >= 4 is 23.1 Å². The van der Waals surface area contributed by atoms with Gasteiger partial charge in [-0.3, -0.25) is 10.1 Å². The summed E-state index contributed by atoms with van der Waals surface area (Å²) in [6, 6.07) is 0.101. The van der Waals surface area contributed by atoms with Crippen LogP contribution in [0.5, 0.6) is 0 Å². The number of nitro groups is 1. The molecule has 0 N–H and O–H groups in total. The molecule has 0 saturated carbocycles. The van der Waals surface area contributed by atoms with Crippen LogP contribution >= 0.6 is 11.6 Å². The molecule has 0 fully saturated rings. The number of halogens is 1. The summed E-state index contributed by atoms with van der Waals surface area (Å²) >= 11 is 5.76. The summed E-state index contributed by atoms with van der Waals surface area (Å²) in [4.78, 5) is 20.2. The highest BCUT2D eigenvalue weighted by Gasteiger charge is 2.26. The Morgan fingerprint density at radius 1 is 1.47 bits per heavy atom. The molecule has 0 spiro atoms. The molecule has 1 heterocycles. The van der Waals surface area contributed by atoms with Crippen molar-refractivity contribution in [1.29, 1.82) is 0 Å². The highest BCUT2D eigenvalue weighted by atomic mass is 35.5. The molecule has 0 bridgehead atoms. The molecule has 0 aliphatic heterocycles. The standard InChI is InChI=1S/C10H15ClN4O2/c1-5-14(6(2)3)9-8(15(16)17)7(4)12-10(11)13-9/h6H,5H2,1-4H3. The van der Waals surface area contributed by atoms with Crippen LogP contribution in [0.2, 0.25) is 5.28 Å². The van der Waals surface area contributed by atoms with Crippen molar-refractivity contribution < 1.29 is 4.92 Å². The highest BCUT2D eigenvalue weighted by molar-refractivity contribution is 6.28. The number of hydrogen-bond acceptors (Lipinski definition) is 5. The van der Waals surface area contributed by atoms with E-state index in [0.29, 0.717) is 6.54 Å². The van der Waals surface area contributed by atoms with Gasteiger partial charge < -0.3 is 4.90 Å². The normalized spacial score (nSPS) is 10.7. The maximum Gasteiger partial charge on any atom is 0.332 e. The Bertz CT molecular complexity index is 437. The fourth-order valence-electron chi connectivity index (χ4n) is 1.69. The van der Waals surface area contributed by atoms with Crippen molar-refractivity contribution in [3.05, 3.63) is 21.1 Å². The molecule has 1 rings (SSSR count). The molecule has 0 aliphatic carbocycles. The summed E-state index contributed by atoms with van der Waals surface area (Å²) in [5.74, 6) is 0.282. The van der Waals surface area contributed by atoms with E-state index in [9.17, 15) is 10.1 Å². The van der Waals surface area contributed by atoms with E-state index in [2.05, 4.69) is 9.97 Å². The largest absolute Gasteiger partial charge is 0.349 e. The van der Waals surface area contributed by atoms with Crippen molar-refractivity contribution in [3.8, 4) is 0 Å². The van der Waals surface area contributed by atoms with Gasteiger partial charge in [0.05, 0.1) is 4.92 Å². The van der Waals surface area contributed by atoms with E-state index in [-0.39, 0.29) is 28.5 Å². The van der Waals surface area contributed by atoms with Crippen LogP contribution in [0.1, 0.15) is 26.5 Å². The topological polar surface area (TPSA) is 72.2 Å². The van der Waals surface area contributed by atoms with Crippen molar-refractivity contribution in [1.82, 2.24) is 9.97 Å². The van der Waals surface area contributed by atoms with Crippen LogP contribution in [0.3, 0.4) is 0 Å². The van der Waals surface area contributed by atoms with Gasteiger partial charge in [0.1, 0.15) is 5.69 Å². The van der Waals surface area contributed by atoms with Crippen molar-refractivity contribution in [3.63, 3.8) is 0 Å². The van der Waals surface area contributed by atoms with Crippen LogP contribution in [0.15, 0.2) is 0 Å². The third-order valence-electron chi connectivity index (χ3n) is 2.43. The summed E-state index contributed by atoms with van der Waals surface area (Å²) in [6.45, 7) is 7.97. The molecule has 0 aliphatic rings. The quantitative estimate of drug-likeness (QED) is 0.471. The van der Waals surface area contributed by atoms with Gasteiger partial charge in [0, 0.05) is 12.6 Å². The minimum atomic E-state index is -0.466. The molecule has 0 unspecified atom stereocenters. The lowest BCUT2D eigenvalue weighted by Crippen LogP contribution is -2.32. The predicted molar refractivity (Wildman–Crippen MR) is 66.6 cm³/mol. The van der Waals surface area contributed by atoms with Gasteiger partial charge in [-0.25, -0.2) is 4.98 Å². The molecular formula is C10H15ClN4O2. The van der Waals surface area contributed by atoms with Crippen molar-refractivity contribution in [2.24, 2.45) is 0 Å². The SMILES string of the molecule is CCN(c1nc(Cl)nc(C)c1[N+](=O)[O-])C(C)C. The van der Waals surface area contributed by atoms with Gasteiger partial charge in [0.15, 0.2) is 0 Å². The van der Waals surface area contributed by atoms with E-state index in [4.69, 9.17) is 11.6 Å². The second-order valence-electron chi connectivity index (χ2n) is 3.89. The lowest BCUT2D eigenvalue weighted by Gasteiger charge is -2.25. The van der Waals surface area contributed by atoms with E-state index in [0.717, 1.165) is 0 Å². The van der Waals surface area contributed by atoms with Gasteiger partial charge >= 0.3 is 5.69 Å². The second kappa shape index (κ2) is 5.27. The molecule has 94 valence electrons. The number of aryl methyl sites for hydroxylation is 1. The van der Waals surface area contributed by atoms with E-state index >= 15 is 0 Å². The van der Waals surface area contributed by atoms with Crippen molar-refractivity contribution in [2.75, 3.05) is 11.4 Å². The molecule has 1 aromatic heterocycles. The minimum absolute atomic E-state index is 0.0298. The first-order valence-electron chi connectivity index (χ1n) is 5.33. The Labute approximate surface area is 105 Å². The third-order valence-corrected chi connectivity index (χ3v) is 2.60. The molecule has 17 heavy (non-hydrogen) atoms. The number of aromatic nitrogens is 2. The molecule has 1 aromatic rings. The zero-order valence-corrected chi connectivity index (χ0v) is 11.0. The number of rotatable bonds is 4. The van der Waals surface area contributed by atoms with Crippen LogP contribution in [0, 0.1) is 17.0 Å². The Morgan fingerprint density at radius 2 is 2.06 bits per heavy atom. The Morgan fingerprint density at radius 3 is 2.47 bits per heavy atom. The Balaban J connectivity index is 3.43. The van der Waals surface area contributed by atoms with E-state index in [1.54, 1.807) is 6.92 Å². The van der Waals surface area contributed by atoms with Crippen LogP contribution in [-0.4, -0.2) is 27.5 Å². The number of nitrogens with zero attached hydrogens (tertiary/aromatic N) is 4. The summed E-state index contributed by atoms with van der Waals surface area (Å²) < 4.78 is 0. The number of anilines is 1. The maximum absolute atomic E-state index is 11.1. The molecule has 7 heteroatoms. The van der Waals surface area contributed by atoms with Crippen molar-refractivity contribution in [2.45, 2.75) is 33.7 Å². The molecular weight excluding hydrogens is 244 g/mol. The fourth-order valence-corrected chi connectivity index (χ4v) is 1.90. The molecule has 0 aromatic carbocycles. The Kier molecular flexibility index (Phi) is 4.22. The number of hydrogen-bond donors (Lipinski definition) is 0. The molecule has 0 atom stereocenters. The van der Waals surface area contributed by atoms with E-state index in [1.807, 2.05) is 25.7 Å².